The lowest BCUT2D eigenvalue weighted by Gasteiger charge is -2.10. The summed E-state index contributed by atoms with van der Waals surface area (Å²) in [7, 11) is 1.38. The monoisotopic (exact) mass is 263 g/mol. The van der Waals surface area contributed by atoms with Crippen LogP contribution in [0, 0.1) is 13.8 Å². The van der Waals surface area contributed by atoms with E-state index in [4.69, 9.17) is 16.3 Å². The van der Waals surface area contributed by atoms with E-state index < -0.39 is 0 Å². The quantitative estimate of drug-likeness (QED) is 0.776. The normalized spacial score (nSPS) is 10.4. The summed E-state index contributed by atoms with van der Waals surface area (Å²) in [5.41, 5.74) is 3.33. The van der Waals surface area contributed by atoms with E-state index in [-0.39, 0.29) is 5.97 Å². The number of halogens is 1. The van der Waals surface area contributed by atoms with Crippen molar-refractivity contribution in [2.24, 2.45) is 0 Å². The van der Waals surface area contributed by atoms with Gasteiger partial charge in [0.25, 0.3) is 0 Å². The molecule has 0 N–H and O–H groups in total. The van der Waals surface area contributed by atoms with Gasteiger partial charge in [0.05, 0.1) is 12.7 Å². The van der Waals surface area contributed by atoms with Crippen molar-refractivity contribution in [2.75, 3.05) is 7.11 Å². The van der Waals surface area contributed by atoms with Crippen LogP contribution in [0.4, 0.5) is 0 Å². The highest BCUT2D eigenvalue weighted by Crippen LogP contribution is 2.23. The second kappa shape index (κ2) is 4.86. The van der Waals surface area contributed by atoms with Crippen LogP contribution in [-0.2, 0) is 4.74 Å². The van der Waals surface area contributed by atoms with Crippen LogP contribution < -0.4 is 0 Å². The van der Waals surface area contributed by atoms with Crippen LogP contribution in [0.1, 0.15) is 21.7 Å². The van der Waals surface area contributed by atoms with Crippen molar-refractivity contribution < 1.29 is 9.53 Å². The number of benzene rings is 1. The molecule has 0 amide bonds. The summed E-state index contributed by atoms with van der Waals surface area (Å²) in [5.74, 6) is -0.323. The Hall–Kier alpha value is -1.74. The van der Waals surface area contributed by atoms with Crippen molar-refractivity contribution in [2.45, 2.75) is 13.8 Å². The predicted octanol–water partition coefficient (Wildman–Crippen LogP) is 3.53. The van der Waals surface area contributed by atoms with E-state index in [0.29, 0.717) is 10.6 Å². The van der Waals surface area contributed by atoms with Crippen molar-refractivity contribution in [1.29, 1.82) is 0 Å². The highest BCUT2D eigenvalue weighted by molar-refractivity contribution is 6.30. The van der Waals surface area contributed by atoms with Gasteiger partial charge in [-0.3, -0.25) is 0 Å². The maximum Gasteiger partial charge on any atom is 0.339 e. The Morgan fingerprint density at radius 1 is 1.28 bits per heavy atom. The highest BCUT2D eigenvalue weighted by atomic mass is 35.5. The minimum absolute atomic E-state index is 0.323. The van der Waals surface area contributed by atoms with E-state index >= 15 is 0 Å². The first-order valence-corrected chi connectivity index (χ1v) is 5.95. The van der Waals surface area contributed by atoms with Crippen LogP contribution in [0.25, 0.3) is 5.69 Å². The van der Waals surface area contributed by atoms with Crippen LogP contribution >= 0.6 is 11.6 Å². The third kappa shape index (κ3) is 2.14. The van der Waals surface area contributed by atoms with Gasteiger partial charge in [0.15, 0.2) is 0 Å². The molecule has 0 atom stereocenters. The van der Waals surface area contributed by atoms with Gasteiger partial charge in [0, 0.05) is 22.1 Å². The van der Waals surface area contributed by atoms with E-state index in [1.54, 1.807) is 0 Å². The average molecular weight is 264 g/mol. The van der Waals surface area contributed by atoms with Gasteiger partial charge in [-0.05, 0) is 38.1 Å². The molecular weight excluding hydrogens is 250 g/mol. The molecular formula is C14H14ClNO2. The van der Waals surface area contributed by atoms with E-state index in [1.807, 2.05) is 48.7 Å². The molecule has 0 saturated heterocycles. The summed E-state index contributed by atoms with van der Waals surface area (Å²) in [6, 6.07) is 9.34. The van der Waals surface area contributed by atoms with Gasteiger partial charge in [-0.25, -0.2) is 4.79 Å². The number of nitrogens with zero attached hydrogens (tertiary/aromatic N) is 1. The molecule has 2 aromatic rings. The molecule has 4 heteroatoms. The van der Waals surface area contributed by atoms with Gasteiger partial charge in [-0.2, -0.15) is 0 Å². The molecule has 94 valence electrons. The molecule has 0 aliphatic rings. The number of carbonyl (C=O) groups excluding carboxylic acids is 1. The lowest BCUT2D eigenvalue weighted by atomic mass is 10.2. The van der Waals surface area contributed by atoms with Crippen LogP contribution in [-0.4, -0.2) is 17.6 Å². The van der Waals surface area contributed by atoms with Crippen molar-refractivity contribution in [3.63, 3.8) is 0 Å². The molecule has 1 heterocycles. The third-order valence-electron chi connectivity index (χ3n) is 2.90. The summed E-state index contributed by atoms with van der Waals surface area (Å²) in [5, 5.41) is 0.666. The number of rotatable bonds is 2. The van der Waals surface area contributed by atoms with Gasteiger partial charge in [-0.15, -0.1) is 0 Å². The van der Waals surface area contributed by atoms with E-state index in [1.165, 1.54) is 7.11 Å². The summed E-state index contributed by atoms with van der Waals surface area (Å²) in [6.07, 6.45) is 0. The predicted molar refractivity (Wildman–Crippen MR) is 71.6 cm³/mol. The molecule has 0 saturated carbocycles. The number of hydrogen-bond donors (Lipinski definition) is 0. The van der Waals surface area contributed by atoms with Gasteiger partial charge in [0.2, 0.25) is 0 Å². The van der Waals surface area contributed by atoms with Crippen molar-refractivity contribution >= 4 is 17.6 Å². The lowest BCUT2D eigenvalue weighted by molar-refractivity contribution is 0.0600. The SMILES string of the molecule is COC(=O)c1cc(C)n(-c2cccc(Cl)c2)c1C. The van der Waals surface area contributed by atoms with Crippen LogP contribution in [0.3, 0.4) is 0 Å². The molecule has 0 bridgehead atoms. The maximum atomic E-state index is 11.6. The van der Waals surface area contributed by atoms with E-state index in [9.17, 15) is 4.79 Å². The van der Waals surface area contributed by atoms with E-state index in [0.717, 1.165) is 17.1 Å². The fourth-order valence-corrected chi connectivity index (χ4v) is 2.28. The average Bonchev–Trinajstić information content (AvgIpc) is 2.64. The number of aromatic nitrogens is 1. The Balaban J connectivity index is 2.59. The highest BCUT2D eigenvalue weighted by Gasteiger charge is 2.16. The molecule has 1 aromatic carbocycles. The molecule has 1 aromatic heterocycles. The molecule has 0 aliphatic carbocycles. The first-order chi connectivity index (χ1) is 8.54. The number of carbonyl (C=O) groups is 1. The smallest absolute Gasteiger partial charge is 0.339 e. The number of esters is 1. The zero-order valence-electron chi connectivity index (χ0n) is 10.5. The topological polar surface area (TPSA) is 31.2 Å². The van der Waals surface area contributed by atoms with Crippen molar-refractivity contribution in [3.05, 3.63) is 52.3 Å². The molecule has 3 nitrogen and oxygen atoms in total. The maximum absolute atomic E-state index is 11.6. The van der Waals surface area contributed by atoms with Gasteiger partial charge < -0.3 is 9.30 Å². The fraction of sp³-hybridized carbons (Fsp3) is 0.214. The van der Waals surface area contributed by atoms with Crippen molar-refractivity contribution in [1.82, 2.24) is 4.57 Å². The third-order valence-corrected chi connectivity index (χ3v) is 3.14. The Morgan fingerprint density at radius 2 is 2.00 bits per heavy atom. The minimum Gasteiger partial charge on any atom is -0.465 e. The second-order valence-corrected chi connectivity index (χ2v) is 4.53. The number of methoxy groups -OCH3 is 1. The van der Waals surface area contributed by atoms with Crippen LogP contribution in [0.5, 0.6) is 0 Å². The van der Waals surface area contributed by atoms with Gasteiger partial charge in [-0.1, -0.05) is 17.7 Å². The molecule has 18 heavy (non-hydrogen) atoms. The Bertz CT molecular complexity index is 602. The Labute approximate surface area is 111 Å². The zero-order chi connectivity index (χ0) is 13.3. The molecule has 0 fully saturated rings. The molecule has 0 unspecified atom stereocenters. The van der Waals surface area contributed by atoms with Crippen LogP contribution in [0.2, 0.25) is 5.02 Å². The summed E-state index contributed by atoms with van der Waals surface area (Å²) >= 11 is 5.99. The zero-order valence-corrected chi connectivity index (χ0v) is 11.3. The molecule has 0 aliphatic heterocycles. The molecule has 0 spiro atoms. The van der Waals surface area contributed by atoms with Crippen LogP contribution in [0.15, 0.2) is 30.3 Å². The Kier molecular flexibility index (Phi) is 3.43. The standard InChI is InChI=1S/C14H14ClNO2/c1-9-7-13(14(17)18-3)10(2)16(9)12-6-4-5-11(15)8-12/h4-8H,1-3H3. The van der Waals surface area contributed by atoms with Gasteiger partial charge in [0.1, 0.15) is 0 Å². The lowest BCUT2D eigenvalue weighted by Crippen LogP contribution is -2.04. The number of aryl methyl sites for hydroxylation is 1. The number of ether oxygens (including phenoxy) is 1. The summed E-state index contributed by atoms with van der Waals surface area (Å²) in [6.45, 7) is 3.83. The Morgan fingerprint density at radius 3 is 2.61 bits per heavy atom. The molecule has 0 radical (unpaired) electrons. The minimum atomic E-state index is -0.323. The first kappa shape index (κ1) is 12.7. The number of hydrogen-bond acceptors (Lipinski definition) is 2. The van der Waals surface area contributed by atoms with Crippen molar-refractivity contribution in [3.8, 4) is 5.69 Å². The first-order valence-electron chi connectivity index (χ1n) is 5.58. The molecule has 2 rings (SSSR count). The van der Waals surface area contributed by atoms with Gasteiger partial charge >= 0.3 is 5.97 Å². The summed E-state index contributed by atoms with van der Waals surface area (Å²) < 4.78 is 6.75. The largest absolute Gasteiger partial charge is 0.465 e. The summed E-state index contributed by atoms with van der Waals surface area (Å²) in [4.78, 5) is 11.6. The second-order valence-electron chi connectivity index (χ2n) is 4.09. The van der Waals surface area contributed by atoms with E-state index in [2.05, 4.69) is 0 Å². The fourth-order valence-electron chi connectivity index (χ4n) is 2.09.